The fraction of sp³-hybridized carbons (Fsp3) is 0.200. The highest BCUT2D eigenvalue weighted by Crippen LogP contribution is 2.10. The van der Waals surface area contributed by atoms with Gasteiger partial charge < -0.3 is 10.1 Å². The van der Waals surface area contributed by atoms with Gasteiger partial charge in [0.25, 0.3) is 5.91 Å². The number of benzene rings is 1. The van der Waals surface area contributed by atoms with Crippen LogP contribution < -0.4 is 5.32 Å². The summed E-state index contributed by atoms with van der Waals surface area (Å²) < 4.78 is 5.64. The van der Waals surface area contributed by atoms with Gasteiger partial charge in [-0.3, -0.25) is 9.59 Å². The third kappa shape index (κ3) is 4.78. The SMILES string of the molecule is CC(=O)OCC(=O)Nc1ccc(I)cc1. The van der Waals surface area contributed by atoms with E-state index in [1.54, 1.807) is 12.1 Å². The standard InChI is InChI=1S/C10H10INO3/c1-7(13)15-6-10(14)12-9-4-2-8(11)3-5-9/h2-5H,6H2,1H3,(H,12,14). The second-order valence-electron chi connectivity index (χ2n) is 2.84. The number of anilines is 1. The summed E-state index contributed by atoms with van der Waals surface area (Å²) in [5.41, 5.74) is 0.688. The lowest BCUT2D eigenvalue weighted by molar-refractivity contribution is -0.144. The van der Waals surface area contributed by atoms with E-state index in [-0.39, 0.29) is 12.5 Å². The molecule has 0 aliphatic rings. The van der Waals surface area contributed by atoms with Gasteiger partial charge in [0.15, 0.2) is 6.61 Å². The zero-order valence-corrected chi connectivity index (χ0v) is 10.3. The number of rotatable bonds is 3. The minimum Gasteiger partial charge on any atom is -0.456 e. The van der Waals surface area contributed by atoms with Crippen LogP contribution in [0.15, 0.2) is 24.3 Å². The van der Waals surface area contributed by atoms with Crippen molar-refractivity contribution in [2.75, 3.05) is 11.9 Å². The Hall–Kier alpha value is -1.11. The lowest BCUT2D eigenvalue weighted by Gasteiger charge is -2.04. The van der Waals surface area contributed by atoms with E-state index in [2.05, 4.69) is 32.6 Å². The summed E-state index contributed by atoms with van der Waals surface area (Å²) in [6.45, 7) is 1.01. The van der Waals surface area contributed by atoms with Gasteiger partial charge >= 0.3 is 5.97 Å². The number of carbonyl (C=O) groups is 2. The van der Waals surface area contributed by atoms with Gasteiger partial charge in [-0.05, 0) is 46.9 Å². The Balaban J connectivity index is 2.44. The minimum atomic E-state index is -0.465. The Kier molecular flexibility index (Phi) is 4.54. The van der Waals surface area contributed by atoms with Gasteiger partial charge in [-0.15, -0.1) is 0 Å². The molecular formula is C10H10INO3. The van der Waals surface area contributed by atoms with Crippen LogP contribution in [0.3, 0.4) is 0 Å². The average molecular weight is 319 g/mol. The van der Waals surface area contributed by atoms with E-state index in [9.17, 15) is 9.59 Å². The van der Waals surface area contributed by atoms with Crippen molar-refractivity contribution in [1.29, 1.82) is 0 Å². The Morgan fingerprint density at radius 1 is 1.33 bits per heavy atom. The minimum absolute atomic E-state index is 0.249. The first-order valence-electron chi connectivity index (χ1n) is 4.26. The van der Waals surface area contributed by atoms with Crippen LogP contribution >= 0.6 is 22.6 Å². The van der Waals surface area contributed by atoms with E-state index >= 15 is 0 Å². The number of esters is 1. The van der Waals surface area contributed by atoms with Crippen molar-refractivity contribution in [3.63, 3.8) is 0 Å². The molecule has 0 atom stereocenters. The first-order chi connectivity index (χ1) is 7.08. The fourth-order valence-electron chi connectivity index (χ4n) is 0.897. The van der Waals surface area contributed by atoms with Crippen molar-refractivity contribution in [3.05, 3.63) is 27.8 Å². The third-order valence-corrected chi connectivity index (χ3v) is 2.25. The van der Waals surface area contributed by atoms with E-state index in [0.717, 1.165) is 3.57 Å². The molecule has 80 valence electrons. The molecule has 0 heterocycles. The lowest BCUT2D eigenvalue weighted by atomic mass is 10.3. The smallest absolute Gasteiger partial charge is 0.303 e. The van der Waals surface area contributed by atoms with Gasteiger partial charge in [0.1, 0.15) is 0 Å². The van der Waals surface area contributed by atoms with Crippen LogP contribution in [-0.4, -0.2) is 18.5 Å². The molecule has 0 aliphatic heterocycles. The topological polar surface area (TPSA) is 55.4 Å². The van der Waals surface area contributed by atoms with Crippen molar-refractivity contribution in [3.8, 4) is 0 Å². The lowest BCUT2D eigenvalue weighted by Crippen LogP contribution is -2.19. The highest BCUT2D eigenvalue weighted by atomic mass is 127. The molecule has 5 heteroatoms. The molecule has 1 aromatic rings. The second-order valence-corrected chi connectivity index (χ2v) is 4.08. The first-order valence-corrected chi connectivity index (χ1v) is 5.34. The van der Waals surface area contributed by atoms with Crippen molar-refractivity contribution in [1.82, 2.24) is 0 Å². The molecule has 4 nitrogen and oxygen atoms in total. The van der Waals surface area contributed by atoms with E-state index in [4.69, 9.17) is 0 Å². The molecular weight excluding hydrogens is 309 g/mol. The van der Waals surface area contributed by atoms with E-state index in [0.29, 0.717) is 5.69 Å². The predicted octanol–water partition coefficient (Wildman–Crippen LogP) is 1.79. The van der Waals surface area contributed by atoms with E-state index in [1.807, 2.05) is 12.1 Å². The van der Waals surface area contributed by atoms with Gasteiger partial charge in [-0.1, -0.05) is 0 Å². The van der Waals surface area contributed by atoms with Gasteiger partial charge in [-0.25, -0.2) is 0 Å². The van der Waals surface area contributed by atoms with Crippen LogP contribution in [0.4, 0.5) is 5.69 Å². The maximum Gasteiger partial charge on any atom is 0.303 e. The van der Waals surface area contributed by atoms with Crippen LogP contribution in [0.5, 0.6) is 0 Å². The quantitative estimate of drug-likeness (QED) is 0.683. The summed E-state index contributed by atoms with van der Waals surface area (Å²) in [6, 6.07) is 7.32. The maximum atomic E-state index is 11.2. The summed E-state index contributed by atoms with van der Waals surface area (Å²) in [7, 11) is 0. The molecule has 0 saturated carbocycles. The normalized spacial score (nSPS) is 9.47. The number of amides is 1. The molecule has 15 heavy (non-hydrogen) atoms. The first kappa shape index (κ1) is 12.0. The van der Waals surface area contributed by atoms with Gasteiger partial charge in [0, 0.05) is 16.2 Å². The number of carbonyl (C=O) groups excluding carboxylic acids is 2. The molecule has 1 amide bonds. The van der Waals surface area contributed by atoms with Gasteiger partial charge in [0.05, 0.1) is 0 Å². The Bertz CT molecular complexity index is 361. The summed E-state index contributed by atoms with van der Waals surface area (Å²) in [4.78, 5) is 21.7. The molecule has 0 fully saturated rings. The third-order valence-electron chi connectivity index (χ3n) is 1.53. The van der Waals surface area contributed by atoms with Gasteiger partial charge in [0.2, 0.25) is 0 Å². The van der Waals surface area contributed by atoms with Crippen LogP contribution in [0.25, 0.3) is 0 Å². The number of nitrogens with one attached hydrogen (secondary N) is 1. The maximum absolute atomic E-state index is 11.2. The number of ether oxygens (including phenoxy) is 1. The molecule has 1 rings (SSSR count). The molecule has 0 bridgehead atoms. The fourth-order valence-corrected chi connectivity index (χ4v) is 1.26. The van der Waals surface area contributed by atoms with Crippen LogP contribution in [0, 0.1) is 3.57 Å². The Morgan fingerprint density at radius 3 is 2.47 bits per heavy atom. The number of hydrogen-bond donors (Lipinski definition) is 1. The van der Waals surface area contributed by atoms with Crippen LogP contribution in [0.1, 0.15) is 6.92 Å². The molecule has 0 aliphatic carbocycles. The van der Waals surface area contributed by atoms with E-state index in [1.165, 1.54) is 6.92 Å². The summed E-state index contributed by atoms with van der Waals surface area (Å²) in [5.74, 6) is -0.806. The number of halogens is 1. The van der Waals surface area contributed by atoms with Crippen molar-refractivity contribution >= 4 is 40.2 Å². The van der Waals surface area contributed by atoms with Crippen molar-refractivity contribution in [2.24, 2.45) is 0 Å². The Labute approximate surface area is 101 Å². The molecule has 0 unspecified atom stereocenters. The predicted molar refractivity (Wildman–Crippen MR) is 64.4 cm³/mol. The average Bonchev–Trinajstić information content (AvgIpc) is 2.19. The zero-order chi connectivity index (χ0) is 11.3. The molecule has 0 aromatic heterocycles. The van der Waals surface area contributed by atoms with Crippen molar-refractivity contribution in [2.45, 2.75) is 6.92 Å². The second kappa shape index (κ2) is 5.69. The zero-order valence-electron chi connectivity index (χ0n) is 8.12. The molecule has 1 aromatic carbocycles. The molecule has 1 N–H and O–H groups in total. The monoisotopic (exact) mass is 319 g/mol. The van der Waals surface area contributed by atoms with Gasteiger partial charge in [-0.2, -0.15) is 0 Å². The summed E-state index contributed by atoms with van der Waals surface area (Å²) >= 11 is 2.17. The van der Waals surface area contributed by atoms with Crippen LogP contribution in [-0.2, 0) is 14.3 Å². The van der Waals surface area contributed by atoms with E-state index < -0.39 is 5.97 Å². The molecule has 0 spiro atoms. The largest absolute Gasteiger partial charge is 0.456 e. The molecule has 0 radical (unpaired) electrons. The molecule has 0 saturated heterocycles. The van der Waals surface area contributed by atoms with Crippen molar-refractivity contribution < 1.29 is 14.3 Å². The highest BCUT2D eigenvalue weighted by Gasteiger charge is 2.03. The summed E-state index contributed by atoms with van der Waals surface area (Å²) in [5, 5.41) is 2.60. The van der Waals surface area contributed by atoms with Crippen LogP contribution in [0.2, 0.25) is 0 Å². The number of hydrogen-bond acceptors (Lipinski definition) is 3. The Morgan fingerprint density at radius 2 is 1.93 bits per heavy atom. The highest BCUT2D eigenvalue weighted by molar-refractivity contribution is 14.1. The summed E-state index contributed by atoms with van der Waals surface area (Å²) in [6.07, 6.45) is 0.